The highest BCUT2D eigenvalue weighted by molar-refractivity contribution is 6.30. The molecule has 0 spiro atoms. The first kappa shape index (κ1) is 18.0. The van der Waals surface area contributed by atoms with Crippen LogP contribution in [0.15, 0.2) is 67.1 Å². The zero-order chi connectivity index (χ0) is 19.3. The quantitative estimate of drug-likeness (QED) is 0.457. The normalized spacial score (nSPS) is 10.8. The first-order valence-corrected chi connectivity index (χ1v) is 9.25. The predicted octanol–water partition coefficient (Wildman–Crippen LogP) is 4.33. The molecule has 7 heteroatoms. The lowest BCUT2D eigenvalue weighted by molar-refractivity contribution is 0.0949. The number of aromatic nitrogens is 3. The van der Waals surface area contributed by atoms with Crippen LogP contribution in [0, 0.1) is 0 Å². The molecule has 0 unspecified atom stereocenters. The van der Waals surface area contributed by atoms with E-state index in [1.807, 2.05) is 36.5 Å². The van der Waals surface area contributed by atoms with Gasteiger partial charge in [-0.2, -0.15) is 0 Å². The fourth-order valence-electron chi connectivity index (χ4n) is 2.96. The molecule has 2 aromatic carbocycles. The van der Waals surface area contributed by atoms with Gasteiger partial charge in [0, 0.05) is 34.4 Å². The van der Waals surface area contributed by atoms with Crippen molar-refractivity contribution in [2.24, 2.45) is 0 Å². The number of halogens is 1. The highest BCUT2D eigenvalue weighted by Gasteiger charge is 2.09. The van der Waals surface area contributed by atoms with Gasteiger partial charge in [-0.3, -0.25) is 4.79 Å². The van der Waals surface area contributed by atoms with E-state index in [2.05, 4.69) is 31.7 Å². The van der Waals surface area contributed by atoms with Crippen LogP contribution in [-0.2, 0) is 6.42 Å². The van der Waals surface area contributed by atoms with E-state index >= 15 is 0 Å². The Morgan fingerprint density at radius 1 is 1.07 bits per heavy atom. The van der Waals surface area contributed by atoms with Crippen molar-refractivity contribution in [1.29, 1.82) is 0 Å². The lowest BCUT2D eigenvalue weighted by Crippen LogP contribution is -2.26. The molecule has 0 aliphatic carbocycles. The van der Waals surface area contributed by atoms with Gasteiger partial charge in [-0.25, -0.2) is 9.97 Å². The molecule has 140 valence electrons. The average Bonchev–Trinajstić information content (AvgIpc) is 3.12. The molecule has 0 atom stereocenters. The summed E-state index contributed by atoms with van der Waals surface area (Å²) in [6.07, 6.45) is 5.69. The topological polar surface area (TPSA) is 82.7 Å². The number of amides is 1. The van der Waals surface area contributed by atoms with Gasteiger partial charge in [-0.1, -0.05) is 35.9 Å². The number of hydrogen-bond donors (Lipinski definition) is 3. The number of benzene rings is 2. The molecule has 1 amide bonds. The maximum absolute atomic E-state index is 12.3. The van der Waals surface area contributed by atoms with Crippen LogP contribution in [0.2, 0.25) is 5.02 Å². The highest BCUT2D eigenvalue weighted by atomic mass is 35.5. The van der Waals surface area contributed by atoms with Gasteiger partial charge in [-0.05, 0) is 36.2 Å². The summed E-state index contributed by atoms with van der Waals surface area (Å²) in [6, 6.07) is 15.4. The molecule has 28 heavy (non-hydrogen) atoms. The minimum Gasteiger partial charge on any atom is -0.361 e. The number of para-hydroxylation sites is 1. The average molecular weight is 392 g/mol. The van der Waals surface area contributed by atoms with Gasteiger partial charge in [0.25, 0.3) is 5.91 Å². The van der Waals surface area contributed by atoms with Crippen LogP contribution in [0.25, 0.3) is 10.9 Å². The molecule has 0 aliphatic rings. The first-order chi connectivity index (χ1) is 13.7. The second-order valence-corrected chi connectivity index (χ2v) is 6.72. The number of rotatable bonds is 6. The maximum Gasteiger partial charge on any atom is 0.271 e. The van der Waals surface area contributed by atoms with Gasteiger partial charge >= 0.3 is 0 Å². The summed E-state index contributed by atoms with van der Waals surface area (Å²) >= 11 is 5.96. The molecule has 4 aromatic rings. The summed E-state index contributed by atoms with van der Waals surface area (Å²) in [6.45, 7) is 0.519. The van der Waals surface area contributed by atoms with Crippen molar-refractivity contribution in [3.05, 3.63) is 83.4 Å². The number of hydrogen-bond acceptors (Lipinski definition) is 4. The number of fused-ring (bicyclic) bond motifs is 1. The van der Waals surface area contributed by atoms with Gasteiger partial charge in [0.05, 0.1) is 12.4 Å². The Balaban J connectivity index is 1.33. The van der Waals surface area contributed by atoms with E-state index < -0.39 is 0 Å². The van der Waals surface area contributed by atoms with Crippen molar-refractivity contribution >= 4 is 39.9 Å². The number of anilines is 2. The Hall–Kier alpha value is -3.38. The van der Waals surface area contributed by atoms with Crippen LogP contribution in [0.5, 0.6) is 0 Å². The Morgan fingerprint density at radius 3 is 2.79 bits per heavy atom. The fourth-order valence-corrected chi connectivity index (χ4v) is 3.15. The third-order valence-corrected chi connectivity index (χ3v) is 4.57. The van der Waals surface area contributed by atoms with Crippen LogP contribution in [0.1, 0.15) is 16.1 Å². The molecule has 0 aliphatic heterocycles. The Kier molecular flexibility index (Phi) is 5.21. The van der Waals surface area contributed by atoms with Crippen LogP contribution in [0.3, 0.4) is 0 Å². The van der Waals surface area contributed by atoms with E-state index in [0.29, 0.717) is 17.4 Å². The van der Waals surface area contributed by atoms with E-state index in [1.165, 1.54) is 23.3 Å². The van der Waals surface area contributed by atoms with Crippen molar-refractivity contribution in [2.75, 3.05) is 11.9 Å². The van der Waals surface area contributed by atoms with Gasteiger partial charge in [0.1, 0.15) is 11.5 Å². The molecule has 0 saturated heterocycles. The first-order valence-electron chi connectivity index (χ1n) is 8.87. The molecule has 0 fully saturated rings. The largest absolute Gasteiger partial charge is 0.361 e. The van der Waals surface area contributed by atoms with Gasteiger partial charge in [0.2, 0.25) is 0 Å². The molecule has 6 nitrogen and oxygen atoms in total. The lowest BCUT2D eigenvalue weighted by atomic mass is 10.1. The summed E-state index contributed by atoms with van der Waals surface area (Å²) in [7, 11) is 0. The summed E-state index contributed by atoms with van der Waals surface area (Å²) in [5.74, 6) is 0.291. The molecule has 2 aromatic heterocycles. The molecule has 0 radical (unpaired) electrons. The smallest absolute Gasteiger partial charge is 0.271 e. The van der Waals surface area contributed by atoms with Crippen LogP contribution >= 0.6 is 11.6 Å². The Labute approximate surface area is 167 Å². The molecular weight excluding hydrogens is 374 g/mol. The monoisotopic (exact) mass is 391 g/mol. The summed E-state index contributed by atoms with van der Waals surface area (Å²) < 4.78 is 0. The van der Waals surface area contributed by atoms with E-state index in [0.717, 1.165) is 17.6 Å². The number of aromatic amines is 1. The second-order valence-electron chi connectivity index (χ2n) is 6.29. The van der Waals surface area contributed by atoms with Crippen LogP contribution in [0.4, 0.5) is 11.5 Å². The van der Waals surface area contributed by atoms with E-state index in [9.17, 15) is 4.79 Å². The summed E-state index contributed by atoms with van der Waals surface area (Å²) in [5, 5.41) is 7.78. The van der Waals surface area contributed by atoms with Crippen molar-refractivity contribution in [2.45, 2.75) is 6.42 Å². The molecule has 0 saturated carbocycles. The third-order valence-electron chi connectivity index (χ3n) is 4.34. The van der Waals surface area contributed by atoms with E-state index in [1.54, 1.807) is 12.1 Å². The molecule has 4 rings (SSSR count). The predicted molar refractivity (Wildman–Crippen MR) is 111 cm³/mol. The second kappa shape index (κ2) is 8.10. The summed E-state index contributed by atoms with van der Waals surface area (Å²) in [5.41, 5.74) is 3.34. The van der Waals surface area contributed by atoms with Gasteiger partial charge in [-0.15, -0.1) is 0 Å². The number of H-pyrrole nitrogens is 1. The molecule has 2 heterocycles. The van der Waals surface area contributed by atoms with Crippen LogP contribution in [-0.4, -0.2) is 27.4 Å². The zero-order valence-corrected chi connectivity index (χ0v) is 15.7. The SMILES string of the molecule is O=C(NCCc1c[nH]c2ccccc12)c1cnc(Nc2cccc(Cl)c2)cn1. The minimum atomic E-state index is -0.248. The maximum atomic E-state index is 12.3. The van der Waals surface area contributed by atoms with Crippen molar-refractivity contribution in [1.82, 2.24) is 20.3 Å². The number of carbonyl (C=O) groups is 1. The Bertz CT molecular complexity index is 1110. The fraction of sp³-hybridized carbons (Fsp3) is 0.0952. The number of nitrogens with zero attached hydrogens (tertiary/aromatic N) is 2. The zero-order valence-electron chi connectivity index (χ0n) is 14.9. The molecule has 3 N–H and O–H groups in total. The molecule has 0 bridgehead atoms. The third kappa shape index (κ3) is 4.13. The van der Waals surface area contributed by atoms with Crippen molar-refractivity contribution < 1.29 is 4.79 Å². The Morgan fingerprint density at radius 2 is 1.96 bits per heavy atom. The van der Waals surface area contributed by atoms with Crippen molar-refractivity contribution in [3.8, 4) is 0 Å². The van der Waals surface area contributed by atoms with E-state index in [4.69, 9.17) is 11.6 Å². The summed E-state index contributed by atoms with van der Waals surface area (Å²) in [4.78, 5) is 24.0. The number of nitrogens with one attached hydrogen (secondary N) is 3. The standard InChI is InChI=1S/C21H18ClN5O/c22-15-4-3-5-16(10-15)27-20-13-25-19(12-26-20)21(28)23-9-8-14-11-24-18-7-2-1-6-17(14)18/h1-7,10-13,24H,8-9H2,(H,23,28)(H,26,27). The van der Waals surface area contributed by atoms with E-state index in [-0.39, 0.29) is 11.6 Å². The van der Waals surface area contributed by atoms with Crippen LogP contribution < -0.4 is 10.6 Å². The minimum absolute atomic E-state index is 0.248. The van der Waals surface area contributed by atoms with Gasteiger partial charge < -0.3 is 15.6 Å². The number of carbonyl (C=O) groups excluding carboxylic acids is 1. The van der Waals surface area contributed by atoms with Gasteiger partial charge in [0.15, 0.2) is 0 Å². The van der Waals surface area contributed by atoms with Crippen molar-refractivity contribution in [3.63, 3.8) is 0 Å². The molecular formula is C21H18ClN5O. The lowest BCUT2D eigenvalue weighted by Gasteiger charge is -2.07. The highest BCUT2D eigenvalue weighted by Crippen LogP contribution is 2.19.